The molecule has 5 aromatic rings. The number of aromatic hydroxyl groups is 5. The molecule has 6 nitrogen and oxygen atoms in total. The van der Waals surface area contributed by atoms with Crippen LogP contribution in [0.1, 0.15) is 0 Å². The number of phenolic OH excluding ortho intramolecular Hbond substituents is 5. The molecule has 0 saturated heterocycles. The van der Waals surface area contributed by atoms with Gasteiger partial charge in [0.1, 0.15) is 15.7 Å². The first-order valence-electron chi connectivity index (χ1n) is 9.79. The van der Waals surface area contributed by atoms with E-state index in [1.165, 1.54) is 4.57 Å². The highest BCUT2D eigenvalue weighted by Gasteiger charge is 2.28. The maximum absolute atomic E-state index is 10.8. The van der Waals surface area contributed by atoms with Gasteiger partial charge in [-0.15, -0.1) is 0 Å². The number of halogens is 1. The van der Waals surface area contributed by atoms with E-state index in [0.717, 1.165) is 11.1 Å². The zero-order valence-electron chi connectivity index (χ0n) is 16.9. The molecule has 1 aromatic heterocycles. The Morgan fingerprint density at radius 2 is 1.15 bits per heavy atom. The van der Waals surface area contributed by atoms with E-state index >= 15 is 0 Å². The first-order chi connectivity index (χ1) is 15.7. The Morgan fingerprint density at radius 1 is 0.576 bits per heavy atom. The van der Waals surface area contributed by atoms with E-state index < -0.39 is 28.7 Å². The van der Waals surface area contributed by atoms with Crippen LogP contribution in [0.5, 0.6) is 28.7 Å². The third-order valence-electron chi connectivity index (χ3n) is 5.76. The van der Waals surface area contributed by atoms with Crippen LogP contribution in [-0.4, -0.2) is 45.8 Å². The summed E-state index contributed by atoms with van der Waals surface area (Å²) in [4.78, 5) is 0. The predicted molar refractivity (Wildman–Crippen MR) is 133 cm³/mol. The summed E-state index contributed by atoms with van der Waals surface area (Å²) in [5.74, 6) is -3.23. The van der Waals surface area contributed by atoms with E-state index in [0.29, 0.717) is 5.69 Å². The van der Waals surface area contributed by atoms with Crippen molar-refractivity contribution in [3.63, 3.8) is 0 Å². The van der Waals surface area contributed by atoms with Gasteiger partial charge in [-0.2, -0.15) is 0 Å². The zero-order valence-corrected chi connectivity index (χ0v) is 18.5. The van der Waals surface area contributed by atoms with E-state index in [4.69, 9.17) is 15.7 Å². The molecule has 0 saturated carbocycles. The summed E-state index contributed by atoms with van der Waals surface area (Å²) >= 11 is 3.26. The number of nitrogens with zero attached hydrogens (tertiary/aromatic N) is 1. The second kappa shape index (κ2) is 7.42. The first-order valence-corrected chi connectivity index (χ1v) is 10.6. The number of aromatic nitrogens is 1. The predicted octanol–water partition coefficient (Wildman–Crippen LogP) is 3.33. The van der Waals surface area contributed by atoms with Crippen molar-refractivity contribution in [1.82, 2.24) is 4.57 Å². The number of rotatable bonds is 2. The summed E-state index contributed by atoms with van der Waals surface area (Å²) in [6, 6.07) is 17.0. The Balaban J connectivity index is 1.95. The van der Waals surface area contributed by atoms with E-state index in [1.54, 1.807) is 12.1 Å². The van der Waals surface area contributed by atoms with Crippen molar-refractivity contribution in [3.05, 3.63) is 59.1 Å². The van der Waals surface area contributed by atoms with Gasteiger partial charge in [0.2, 0.25) is 5.75 Å². The van der Waals surface area contributed by atoms with Gasteiger partial charge in [-0.05, 0) is 50.1 Å². The Morgan fingerprint density at radius 3 is 1.79 bits per heavy atom. The molecule has 0 atom stereocenters. The zero-order chi connectivity index (χ0) is 23.6. The van der Waals surface area contributed by atoms with Crippen molar-refractivity contribution in [2.75, 3.05) is 0 Å². The lowest BCUT2D eigenvalue weighted by Gasteiger charge is -2.14. The van der Waals surface area contributed by atoms with Crippen molar-refractivity contribution in [2.45, 2.75) is 0 Å². The minimum Gasteiger partial charge on any atom is -0.505 e. The molecule has 33 heavy (non-hydrogen) atoms. The van der Waals surface area contributed by atoms with Crippen LogP contribution in [0.3, 0.4) is 0 Å². The van der Waals surface area contributed by atoms with Crippen LogP contribution < -0.4 is 10.9 Å². The van der Waals surface area contributed by atoms with Gasteiger partial charge in [0.15, 0.2) is 23.0 Å². The van der Waals surface area contributed by atoms with Crippen molar-refractivity contribution in [1.29, 1.82) is 0 Å². The van der Waals surface area contributed by atoms with Crippen LogP contribution >= 0.6 is 15.9 Å². The lowest BCUT2D eigenvalue weighted by Crippen LogP contribution is -2.10. The van der Waals surface area contributed by atoms with Crippen LogP contribution in [0, 0.1) is 0 Å². The number of phenols is 5. The summed E-state index contributed by atoms with van der Waals surface area (Å²) in [7, 11) is 12.3. The Bertz CT molecular complexity index is 1500. The monoisotopic (exact) mass is 497 g/mol. The van der Waals surface area contributed by atoms with Gasteiger partial charge in [0, 0.05) is 16.5 Å². The molecule has 5 N–H and O–H groups in total. The molecule has 0 aliphatic heterocycles. The molecular weight excluding hydrogens is 484 g/mol. The summed E-state index contributed by atoms with van der Waals surface area (Å²) in [6.45, 7) is 0. The van der Waals surface area contributed by atoms with Gasteiger partial charge in [0.25, 0.3) is 0 Å². The molecule has 0 fully saturated rings. The van der Waals surface area contributed by atoms with E-state index in [1.807, 2.05) is 42.5 Å². The van der Waals surface area contributed by atoms with Gasteiger partial charge in [-0.3, -0.25) is 0 Å². The Hall–Kier alpha value is -3.71. The molecule has 0 aliphatic rings. The maximum Gasteiger partial charge on any atom is 0.201 e. The number of hydrogen-bond acceptors (Lipinski definition) is 5. The molecule has 0 spiro atoms. The fourth-order valence-electron chi connectivity index (χ4n) is 4.15. The van der Waals surface area contributed by atoms with Gasteiger partial charge in [-0.1, -0.05) is 42.5 Å². The summed E-state index contributed by atoms with van der Waals surface area (Å²) in [5.41, 5.74) is 2.33. The summed E-state index contributed by atoms with van der Waals surface area (Å²) in [6.07, 6.45) is 0. The number of fused-ring (bicyclic) bond motifs is 3. The highest BCUT2D eigenvalue weighted by Crippen LogP contribution is 2.48. The molecule has 1 heterocycles. The summed E-state index contributed by atoms with van der Waals surface area (Å²) in [5, 5.41) is 52.5. The third kappa shape index (κ3) is 2.89. The molecule has 9 heteroatoms. The molecule has 0 amide bonds. The SMILES string of the molecule is [B]c1c(O)c(O)c(O)c2c1c1c(Br)c(O)c(O)c([B])c1n2-c1ccc(-c2ccccc2)cc1. The van der Waals surface area contributed by atoms with E-state index in [-0.39, 0.29) is 37.2 Å². The highest BCUT2D eigenvalue weighted by molar-refractivity contribution is 9.10. The molecule has 4 radical (unpaired) electrons. The molecule has 0 bridgehead atoms. The van der Waals surface area contributed by atoms with Crippen LogP contribution in [0.4, 0.5) is 0 Å². The maximum atomic E-state index is 10.8. The van der Waals surface area contributed by atoms with Gasteiger partial charge in [-0.25, -0.2) is 0 Å². The van der Waals surface area contributed by atoms with E-state index in [2.05, 4.69) is 15.9 Å². The van der Waals surface area contributed by atoms with Crippen LogP contribution in [0.2, 0.25) is 0 Å². The summed E-state index contributed by atoms with van der Waals surface area (Å²) < 4.78 is 1.56. The van der Waals surface area contributed by atoms with Crippen LogP contribution in [0.15, 0.2) is 59.1 Å². The first kappa shape index (κ1) is 21.2. The molecule has 0 unspecified atom stereocenters. The van der Waals surface area contributed by atoms with Gasteiger partial charge >= 0.3 is 0 Å². The smallest absolute Gasteiger partial charge is 0.201 e. The average Bonchev–Trinajstić information content (AvgIpc) is 3.20. The van der Waals surface area contributed by atoms with Crippen LogP contribution in [0.25, 0.3) is 38.6 Å². The van der Waals surface area contributed by atoms with Crippen molar-refractivity contribution in [3.8, 4) is 45.6 Å². The van der Waals surface area contributed by atoms with Gasteiger partial charge in [0.05, 0.1) is 15.5 Å². The molecule has 5 rings (SSSR count). The number of benzene rings is 4. The standard InChI is InChI=1S/C24H14B2BrNO5/c25-15-13-14-17(27)22(31)21(30)16(26)18(14)28(19(13)23(32)24(33)20(15)29)12-8-6-11(7-9-12)10-4-2-1-3-5-10/h1-9,29-33H. The quantitative estimate of drug-likeness (QED) is 0.190. The largest absolute Gasteiger partial charge is 0.505 e. The Kier molecular flexibility index (Phi) is 4.76. The normalized spacial score (nSPS) is 11.4. The van der Waals surface area contributed by atoms with E-state index in [9.17, 15) is 25.5 Å². The second-order valence-electron chi connectivity index (χ2n) is 7.58. The number of hydrogen-bond donors (Lipinski definition) is 5. The molecular formula is C24H14B2BrNO5. The average molecular weight is 498 g/mol. The van der Waals surface area contributed by atoms with Crippen molar-refractivity contribution in [2.24, 2.45) is 0 Å². The Labute approximate surface area is 198 Å². The molecule has 158 valence electrons. The van der Waals surface area contributed by atoms with Crippen LogP contribution in [-0.2, 0) is 0 Å². The minimum absolute atomic E-state index is 0.0441. The fourth-order valence-corrected chi connectivity index (χ4v) is 4.73. The minimum atomic E-state index is -0.798. The van der Waals surface area contributed by atoms with Gasteiger partial charge < -0.3 is 30.1 Å². The fraction of sp³-hybridized carbons (Fsp3) is 0. The van der Waals surface area contributed by atoms with Crippen molar-refractivity contribution < 1.29 is 25.5 Å². The lowest BCUT2D eigenvalue weighted by atomic mass is 9.87. The topological polar surface area (TPSA) is 106 Å². The third-order valence-corrected chi connectivity index (χ3v) is 6.53. The molecule has 0 aliphatic carbocycles. The molecule has 4 aromatic carbocycles. The second-order valence-corrected chi connectivity index (χ2v) is 8.37. The lowest BCUT2D eigenvalue weighted by molar-refractivity contribution is 0.372. The van der Waals surface area contributed by atoms with Crippen molar-refractivity contribution >= 4 is 64.4 Å². The highest BCUT2D eigenvalue weighted by atomic mass is 79.9.